The predicted molar refractivity (Wildman–Crippen MR) is 88.4 cm³/mol. The summed E-state index contributed by atoms with van der Waals surface area (Å²) in [5.41, 5.74) is 1.14. The lowest BCUT2D eigenvalue weighted by Gasteiger charge is -2.17. The molecular formula is C19H18FNO4. The summed E-state index contributed by atoms with van der Waals surface area (Å²) in [5, 5.41) is 0. The zero-order valence-electron chi connectivity index (χ0n) is 13.6. The molecule has 130 valence electrons. The minimum absolute atomic E-state index is 0.0860. The summed E-state index contributed by atoms with van der Waals surface area (Å²) in [6.45, 7) is 1.50. The van der Waals surface area contributed by atoms with Crippen LogP contribution in [0.1, 0.15) is 17.9 Å². The van der Waals surface area contributed by atoms with Crippen LogP contribution in [0.25, 0.3) is 0 Å². The fraction of sp³-hybridized carbons (Fsp3) is 0.316. The monoisotopic (exact) mass is 343 g/mol. The maximum absolute atomic E-state index is 13.1. The van der Waals surface area contributed by atoms with E-state index in [1.54, 1.807) is 17.0 Å². The van der Waals surface area contributed by atoms with Crippen LogP contribution in [0, 0.1) is 5.82 Å². The van der Waals surface area contributed by atoms with Crippen molar-refractivity contribution in [1.82, 2.24) is 4.90 Å². The third-order valence-electron chi connectivity index (χ3n) is 4.57. The van der Waals surface area contributed by atoms with Crippen LogP contribution in [0.4, 0.5) is 4.39 Å². The van der Waals surface area contributed by atoms with E-state index in [1.165, 1.54) is 12.1 Å². The number of rotatable bonds is 4. The van der Waals surface area contributed by atoms with Gasteiger partial charge in [0.05, 0.1) is 0 Å². The van der Waals surface area contributed by atoms with Gasteiger partial charge in [-0.15, -0.1) is 0 Å². The molecule has 1 saturated heterocycles. The Bertz CT molecular complexity index is 795. The van der Waals surface area contributed by atoms with E-state index >= 15 is 0 Å². The summed E-state index contributed by atoms with van der Waals surface area (Å²) in [6.07, 6.45) is 0.894. The van der Waals surface area contributed by atoms with Crippen molar-refractivity contribution in [3.63, 3.8) is 0 Å². The summed E-state index contributed by atoms with van der Waals surface area (Å²) in [7, 11) is 0. The molecule has 1 unspecified atom stereocenters. The highest BCUT2D eigenvalue weighted by Crippen LogP contribution is 2.37. The van der Waals surface area contributed by atoms with Crippen molar-refractivity contribution in [1.29, 1.82) is 0 Å². The SMILES string of the molecule is O=C(COc1cccc(F)c1)N1CCC(c2ccc3c(c2)OCO3)C1. The summed E-state index contributed by atoms with van der Waals surface area (Å²) < 4.78 is 29.3. The molecule has 0 aromatic heterocycles. The van der Waals surface area contributed by atoms with Gasteiger partial charge in [-0.05, 0) is 36.2 Å². The fourth-order valence-electron chi connectivity index (χ4n) is 3.22. The van der Waals surface area contributed by atoms with Gasteiger partial charge in [0, 0.05) is 25.1 Å². The highest BCUT2D eigenvalue weighted by atomic mass is 19.1. The molecule has 0 saturated carbocycles. The van der Waals surface area contributed by atoms with Crippen LogP contribution in [0.3, 0.4) is 0 Å². The first-order valence-corrected chi connectivity index (χ1v) is 8.25. The molecule has 0 spiro atoms. The number of carbonyl (C=O) groups is 1. The molecule has 0 radical (unpaired) electrons. The van der Waals surface area contributed by atoms with Gasteiger partial charge in [-0.25, -0.2) is 4.39 Å². The smallest absolute Gasteiger partial charge is 0.260 e. The molecule has 6 heteroatoms. The highest BCUT2D eigenvalue weighted by molar-refractivity contribution is 5.78. The van der Waals surface area contributed by atoms with Crippen molar-refractivity contribution in [2.24, 2.45) is 0 Å². The highest BCUT2D eigenvalue weighted by Gasteiger charge is 2.28. The Balaban J connectivity index is 1.34. The zero-order valence-corrected chi connectivity index (χ0v) is 13.6. The number of likely N-dealkylation sites (tertiary alicyclic amines) is 1. The van der Waals surface area contributed by atoms with E-state index < -0.39 is 0 Å². The number of nitrogens with zero attached hydrogens (tertiary/aromatic N) is 1. The van der Waals surface area contributed by atoms with Crippen LogP contribution >= 0.6 is 0 Å². The summed E-state index contributed by atoms with van der Waals surface area (Å²) >= 11 is 0. The number of halogens is 1. The molecule has 2 aliphatic heterocycles. The number of carbonyl (C=O) groups excluding carboxylic acids is 1. The lowest BCUT2D eigenvalue weighted by Crippen LogP contribution is -2.32. The number of fused-ring (bicyclic) bond motifs is 1. The van der Waals surface area contributed by atoms with Gasteiger partial charge in [-0.1, -0.05) is 12.1 Å². The van der Waals surface area contributed by atoms with Crippen molar-refractivity contribution >= 4 is 5.91 Å². The molecule has 4 rings (SSSR count). The van der Waals surface area contributed by atoms with Crippen LogP contribution < -0.4 is 14.2 Å². The second kappa shape index (κ2) is 6.63. The second-order valence-corrected chi connectivity index (χ2v) is 6.18. The Labute approximate surface area is 144 Å². The van der Waals surface area contributed by atoms with Gasteiger partial charge in [0.2, 0.25) is 6.79 Å². The topological polar surface area (TPSA) is 48.0 Å². The Kier molecular flexibility index (Phi) is 4.17. The fourth-order valence-corrected chi connectivity index (χ4v) is 3.22. The molecule has 2 aliphatic rings. The Morgan fingerprint density at radius 2 is 2.08 bits per heavy atom. The van der Waals surface area contributed by atoms with Gasteiger partial charge in [0.25, 0.3) is 5.91 Å². The van der Waals surface area contributed by atoms with Gasteiger partial charge in [-0.2, -0.15) is 0 Å². The van der Waals surface area contributed by atoms with E-state index in [1.807, 2.05) is 18.2 Å². The second-order valence-electron chi connectivity index (χ2n) is 6.18. The molecule has 0 aliphatic carbocycles. The van der Waals surface area contributed by atoms with Crippen molar-refractivity contribution in [2.45, 2.75) is 12.3 Å². The Morgan fingerprint density at radius 1 is 1.20 bits per heavy atom. The molecule has 2 aromatic carbocycles. The van der Waals surface area contributed by atoms with Crippen LogP contribution in [-0.4, -0.2) is 37.3 Å². The molecule has 1 fully saturated rings. The molecule has 2 heterocycles. The van der Waals surface area contributed by atoms with E-state index in [2.05, 4.69) is 0 Å². The summed E-state index contributed by atoms with van der Waals surface area (Å²) in [5.74, 6) is 1.68. The number of ether oxygens (including phenoxy) is 3. The predicted octanol–water partition coefficient (Wildman–Crippen LogP) is 2.95. The van der Waals surface area contributed by atoms with Gasteiger partial charge in [0.1, 0.15) is 11.6 Å². The van der Waals surface area contributed by atoms with Crippen molar-refractivity contribution in [3.05, 3.63) is 53.8 Å². The molecule has 1 amide bonds. The first kappa shape index (κ1) is 15.7. The standard InChI is InChI=1S/C19H18FNO4/c20-15-2-1-3-16(9-15)23-11-19(22)21-7-6-14(10-21)13-4-5-17-18(8-13)25-12-24-17/h1-5,8-9,14H,6-7,10-12H2. The van der Waals surface area contributed by atoms with E-state index in [-0.39, 0.29) is 31.0 Å². The molecule has 0 N–H and O–H groups in total. The molecule has 1 atom stereocenters. The first-order valence-electron chi connectivity index (χ1n) is 8.25. The Morgan fingerprint density at radius 3 is 2.96 bits per heavy atom. The van der Waals surface area contributed by atoms with Crippen molar-refractivity contribution in [3.8, 4) is 17.2 Å². The largest absolute Gasteiger partial charge is 0.484 e. The van der Waals surface area contributed by atoms with Gasteiger partial charge in [0.15, 0.2) is 18.1 Å². The minimum atomic E-state index is -0.381. The quantitative estimate of drug-likeness (QED) is 0.856. The van der Waals surface area contributed by atoms with E-state index in [9.17, 15) is 9.18 Å². The zero-order chi connectivity index (χ0) is 17.2. The molecule has 0 bridgehead atoms. The van der Waals surface area contributed by atoms with Crippen LogP contribution in [0.15, 0.2) is 42.5 Å². The third-order valence-corrected chi connectivity index (χ3v) is 4.57. The number of hydrogen-bond donors (Lipinski definition) is 0. The maximum Gasteiger partial charge on any atom is 0.260 e. The lowest BCUT2D eigenvalue weighted by atomic mass is 9.98. The van der Waals surface area contributed by atoms with E-state index in [0.29, 0.717) is 18.8 Å². The van der Waals surface area contributed by atoms with E-state index in [0.717, 1.165) is 23.5 Å². The molecule has 5 nitrogen and oxygen atoms in total. The number of hydrogen-bond acceptors (Lipinski definition) is 4. The number of benzene rings is 2. The minimum Gasteiger partial charge on any atom is -0.484 e. The third kappa shape index (κ3) is 3.38. The number of amides is 1. The maximum atomic E-state index is 13.1. The van der Waals surface area contributed by atoms with Crippen LogP contribution in [0.2, 0.25) is 0 Å². The lowest BCUT2D eigenvalue weighted by molar-refractivity contribution is -0.132. The normalized spacial score (nSPS) is 18.4. The van der Waals surface area contributed by atoms with E-state index in [4.69, 9.17) is 14.2 Å². The van der Waals surface area contributed by atoms with Crippen LogP contribution in [-0.2, 0) is 4.79 Å². The first-order chi connectivity index (χ1) is 12.2. The van der Waals surface area contributed by atoms with Crippen LogP contribution in [0.5, 0.6) is 17.2 Å². The Hall–Kier alpha value is -2.76. The van der Waals surface area contributed by atoms with Crippen molar-refractivity contribution in [2.75, 3.05) is 26.5 Å². The summed E-state index contributed by atoms with van der Waals surface area (Å²) in [4.78, 5) is 14.1. The molecule has 2 aromatic rings. The summed E-state index contributed by atoms with van der Waals surface area (Å²) in [6, 6.07) is 11.7. The average molecular weight is 343 g/mol. The molecule has 25 heavy (non-hydrogen) atoms. The van der Waals surface area contributed by atoms with Gasteiger partial charge in [-0.3, -0.25) is 4.79 Å². The molecular weight excluding hydrogens is 325 g/mol. The van der Waals surface area contributed by atoms with Crippen molar-refractivity contribution < 1.29 is 23.4 Å². The average Bonchev–Trinajstić information content (AvgIpc) is 3.28. The van der Waals surface area contributed by atoms with Gasteiger partial charge < -0.3 is 19.1 Å². The van der Waals surface area contributed by atoms with Gasteiger partial charge >= 0.3 is 0 Å².